The number of urea groups is 1. The summed E-state index contributed by atoms with van der Waals surface area (Å²) in [4.78, 5) is 11.4. The van der Waals surface area contributed by atoms with Gasteiger partial charge in [-0.2, -0.15) is 0 Å². The van der Waals surface area contributed by atoms with Gasteiger partial charge in [0.15, 0.2) is 0 Å². The van der Waals surface area contributed by atoms with E-state index in [1.807, 2.05) is 24.3 Å². The molecular weight excluding hydrogens is 186 g/mol. The van der Waals surface area contributed by atoms with E-state index in [1.54, 1.807) is 0 Å². The van der Waals surface area contributed by atoms with Gasteiger partial charge in [-0.25, -0.2) is 4.79 Å². The Morgan fingerprint density at radius 2 is 2.15 bits per heavy atom. The normalized spacial score (nSPS) is 9.62. The van der Waals surface area contributed by atoms with Crippen LogP contribution in [-0.4, -0.2) is 6.03 Å². The topological polar surface area (TPSA) is 81.1 Å². The number of rotatable bonds is 3. The zero-order valence-electron chi connectivity index (χ0n) is 6.99. The summed E-state index contributed by atoms with van der Waals surface area (Å²) in [5.41, 5.74) is 11.4. The van der Waals surface area contributed by atoms with Crippen LogP contribution >= 0.6 is 11.9 Å². The lowest BCUT2D eigenvalue weighted by Crippen LogP contribution is -2.23. The monoisotopic (exact) mass is 197 g/mol. The molecule has 0 aromatic heterocycles. The molecule has 0 heterocycles. The van der Waals surface area contributed by atoms with Gasteiger partial charge in [0.2, 0.25) is 0 Å². The summed E-state index contributed by atoms with van der Waals surface area (Å²) in [6.45, 7) is 0.448. The van der Waals surface area contributed by atoms with Crippen LogP contribution in [0.1, 0.15) is 5.56 Å². The van der Waals surface area contributed by atoms with Crippen LogP contribution in [0.3, 0.4) is 0 Å². The Kier molecular flexibility index (Phi) is 3.60. The largest absolute Gasteiger partial charge is 0.351 e. The molecule has 1 aromatic rings. The van der Waals surface area contributed by atoms with E-state index in [0.717, 1.165) is 10.5 Å². The van der Waals surface area contributed by atoms with E-state index in [2.05, 4.69) is 4.72 Å². The minimum absolute atomic E-state index is 0.448. The average molecular weight is 197 g/mol. The molecule has 0 aliphatic heterocycles. The quantitative estimate of drug-likeness (QED) is 0.627. The van der Waals surface area contributed by atoms with E-state index >= 15 is 0 Å². The van der Waals surface area contributed by atoms with Gasteiger partial charge in [-0.3, -0.25) is 4.72 Å². The summed E-state index contributed by atoms with van der Waals surface area (Å²) in [6.07, 6.45) is 0. The Balaban J connectivity index is 2.69. The van der Waals surface area contributed by atoms with Crippen molar-refractivity contribution in [2.24, 2.45) is 11.5 Å². The van der Waals surface area contributed by atoms with Crippen molar-refractivity contribution in [3.8, 4) is 0 Å². The molecule has 0 radical (unpaired) electrons. The van der Waals surface area contributed by atoms with Crippen LogP contribution in [0.5, 0.6) is 0 Å². The minimum Gasteiger partial charge on any atom is -0.351 e. The van der Waals surface area contributed by atoms with Gasteiger partial charge in [0.25, 0.3) is 0 Å². The molecule has 0 unspecified atom stereocenters. The fourth-order valence-corrected chi connectivity index (χ4v) is 1.52. The molecule has 0 spiro atoms. The van der Waals surface area contributed by atoms with Crippen molar-refractivity contribution in [3.63, 3.8) is 0 Å². The molecular formula is C8H11N3OS. The summed E-state index contributed by atoms with van der Waals surface area (Å²) >= 11 is 1.18. The van der Waals surface area contributed by atoms with Crippen molar-refractivity contribution in [1.29, 1.82) is 0 Å². The molecule has 0 fully saturated rings. The van der Waals surface area contributed by atoms with Gasteiger partial charge in [-0.1, -0.05) is 18.2 Å². The lowest BCUT2D eigenvalue weighted by molar-refractivity contribution is 0.254. The molecule has 70 valence electrons. The first-order chi connectivity index (χ1) is 6.24. The first-order valence-corrected chi connectivity index (χ1v) is 4.56. The van der Waals surface area contributed by atoms with Gasteiger partial charge < -0.3 is 11.5 Å². The van der Waals surface area contributed by atoms with E-state index in [-0.39, 0.29) is 0 Å². The van der Waals surface area contributed by atoms with Crippen LogP contribution in [0.4, 0.5) is 4.79 Å². The van der Waals surface area contributed by atoms with Gasteiger partial charge in [0.05, 0.1) is 0 Å². The summed E-state index contributed by atoms with van der Waals surface area (Å²) in [5, 5.41) is 0. The minimum atomic E-state index is -0.558. The van der Waals surface area contributed by atoms with Crippen LogP contribution < -0.4 is 16.2 Å². The first-order valence-electron chi connectivity index (χ1n) is 3.74. The Morgan fingerprint density at radius 3 is 2.77 bits per heavy atom. The maximum absolute atomic E-state index is 10.4. The van der Waals surface area contributed by atoms with E-state index in [9.17, 15) is 4.79 Å². The maximum atomic E-state index is 10.4. The standard InChI is InChI=1S/C8H11N3OS/c9-5-6-3-1-2-4-7(6)13-11-8(10)12/h1-4H,5,9H2,(H3,10,11,12). The van der Waals surface area contributed by atoms with Crippen molar-refractivity contribution in [3.05, 3.63) is 29.8 Å². The number of carbonyl (C=O) groups is 1. The van der Waals surface area contributed by atoms with Crippen molar-refractivity contribution >= 4 is 18.0 Å². The van der Waals surface area contributed by atoms with E-state index < -0.39 is 6.03 Å². The summed E-state index contributed by atoms with van der Waals surface area (Å²) in [5.74, 6) is 0. The highest BCUT2D eigenvalue weighted by atomic mass is 32.2. The Bertz CT molecular complexity index is 303. The molecule has 4 nitrogen and oxygen atoms in total. The number of nitrogens with one attached hydrogen (secondary N) is 1. The molecule has 0 atom stereocenters. The molecule has 5 heteroatoms. The highest BCUT2D eigenvalue weighted by Gasteiger charge is 2.00. The Hall–Kier alpha value is -1.20. The van der Waals surface area contributed by atoms with Gasteiger partial charge in [0, 0.05) is 11.4 Å². The second-order valence-electron chi connectivity index (χ2n) is 2.38. The molecule has 1 aromatic carbocycles. The first kappa shape index (κ1) is 9.88. The maximum Gasteiger partial charge on any atom is 0.322 e. The second kappa shape index (κ2) is 4.74. The molecule has 1 rings (SSSR count). The molecule has 2 amide bonds. The fourth-order valence-electron chi connectivity index (χ4n) is 0.877. The number of primary amides is 1. The second-order valence-corrected chi connectivity index (χ2v) is 3.23. The summed E-state index contributed by atoms with van der Waals surface area (Å²) in [6, 6.07) is 7.01. The average Bonchev–Trinajstić information content (AvgIpc) is 2.15. The van der Waals surface area contributed by atoms with Crippen LogP contribution in [0.25, 0.3) is 0 Å². The molecule has 0 bridgehead atoms. The highest BCUT2D eigenvalue weighted by Crippen LogP contribution is 2.18. The van der Waals surface area contributed by atoms with Crippen molar-refractivity contribution in [2.45, 2.75) is 11.4 Å². The van der Waals surface area contributed by atoms with Crippen molar-refractivity contribution in [1.82, 2.24) is 4.72 Å². The smallest absolute Gasteiger partial charge is 0.322 e. The van der Waals surface area contributed by atoms with Gasteiger partial charge in [-0.05, 0) is 23.6 Å². The SMILES string of the molecule is NCc1ccccc1SNC(N)=O. The van der Waals surface area contributed by atoms with Crippen LogP contribution in [0.2, 0.25) is 0 Å². The highest BCUT2D eigenvalue weighted by molar-refractivity contribution is 7.98. The predicted molar refractivity (Wildman–Crippen MR) is 52.9 cm³/mol. The van der Waals surface area contributed by atoms with Crippen molar-refractivity contribution in [2.75, 3.05) is 0 Å². The molecule has 0 aliphatic carbocycles. The number of amides is 2. The van der Waals surface area contributed by atoms with Gasteiger partial charge in [0.1, 0.15) is 0 Å². The number of hydrogen-bond donors (Lipinski definition) is 3. The zero-order valence-corrected chi connectivity index (χ0v) is 7.80. The third-order valence-corrected chi connectivity index (χ3v) is 2.38. The van der Waals surface area contributed by atoms with Gasteiger partial charge >= 0.3 is 6.03 Å². The van der Waals surface area contributed by atoms with E-state index in [1.165, 1.54) is 11.9 Å². The third kappa shape index (κ3) is 2.96. The number of carbonyl (C=O) groups excluding carboxylic acids is 1. The van der Waals surface area contributed by atoms with E-state index in [4.69, 9.17) is 11.5 Å². The molecule has 0 saturated heterocycles. The lowest BCUT2D eigenvalue weighted by Gasteiger charge is -2.05. The summed E-state index contributed by atoms with van der Waals surface area (Å²) < 4.78 is 2.44. The van der Waals surface area contributed by atoms with Gasteiger partial charge in [-0.15, -0.1) is 0 Å². The Morgan fingerprint density at radius 1 is 1.46 bits per heavy atom. The molecule has 13 heavy (non-hydrogen) atoms. The molecule has 0 saturated carbocycles. The number of benzene rings is 1. The molecule has 5 N–H and O–H groups in total. The fraction of sp³-hybridized carbons (Fsp3) is 0.125. The Labute approximate surface area is 80.8 Å². The summed E-state index contributed by atoms with van der Waals surface area (Å²) in [7, 11) is 0. The van der Waals surface area contributed by atoms with E-state index in [0.29, 0.717) is 6.54 Å². The van der Waals surface area contributed by atoms with Crippen LogP contribution in [-0.2, 0) is 6.54 Å². The van der Waals surface area contributed by atoms with Crippen LogP contribution in [0.15, 0.2) is 29.2 Å². The predicted octanol–water partition coefficient (Wildman–Crippen LogP) is 0.821. The lowest BCUT2D eigenvalue weighted by atomic mass is 10.2. The third-order valence-electron chi connectivity index (χ3n) is 1.45. The molecule has 0 aliphatic rings. The number of nitrogens with two attached hydrogens (primary N) is 2. The number of hydrogen-bond acceptors (Lipinski definition) is 3. The zero-order chi connectivity index (χ0) is 9.68. The van der Waals surface area contributed by atoms with Crippen LogP contribution in [0, 0.1) is 0 Å². The van der Waals surface area contributed by atoms with Crippen molar-refractivity contribution < 1.29 is 4.79 Å².